The van der Waals surface area contributed by atoms with Crippen molar-refractivity contribution in [2.24, 2.45) is 0 Å². The molecule has 1 unspecified atom stereocenters. The molecule has 7 heteroatoms. The number of carbonyl (C=O) groups excluding carboxylic acids is 2. The zero-order valence-electron chi connectivity index (χ0n) is 13.2. The number of hydrogen-bond donors (Lipinski definition) is 1. The van der Waals surface area contributed by atoms with Gasteiger partial charge in [-0.15, -0.1) is 0 Å². The van der Waals surface area contributed by atoms with E-state index in [0.29, 0.717) is 0 Å². The van der Waals surface area contributed by atoms with E-state index < -0.39 is 41.8 Å². The van der Waals surface area contributed by atoms with E-state index in [1.54, 1.807) is 12.1 Å². The van der Waals surface area contributed by atoms with Gasteiger partial charge in [-0.2, -0.15) is 8.78 Å². The average molecular weight is 349 g/mol. The Morgan fingerprint density at radius 3 is 2.12 bits per heavy atom. The summed E-state index contributed by atoms with van der Waals surface area (Å²) in [5, 5.41) is 8.78. The molecule has 1 aliphatic rings. The van der Waals surface area contributed by atoms with Crippen molar-refractivity contribution < 1.29 is 27.9 Å². The van der Waals surface area contributed by atoms with Gasteiger partial charge in [0.05, 0.1) is 22.7 Å². The van der Waals surface area contributed by atoms with Gasteiger partial charge in [0.2, 0.25) is 0 Å². The van der Waals surface area contributed by atoms with Crippen molar-refractivity contribution in [3.05, 3.63) is 70.5 Å². The minimum Gasteiger partial charge on any atom is -0.390 e. The number of halogens is 3. The van der Waals surface area contributed by atoms with Gasteiger partial charge in [0.1, 0.15) is 12.4 Å². The summed E-state index contributed by atoms with van der Waals surface area (Å²) in [6.45, 7) is -0.157. The van der Waals surface area contributed by atoms with Crippen LogP contribution < -0.4 is 0 Å². The molecule has 2 aromatic rings. The molecule has 0 aromatic heterocycles. The molecule has 130 valence electrons. The minimum absolute atomic E-state index is 0.191. The van der Waals surface area contributed by atoms with Gasteiger partial charge in [-0.1, -0.05) is 24.3 Å². The Kier molecular flexibility index (Phi) is 4.12. The number of amides is 2. The maximum absolute atomic E-state index is 14.6. The first kappa shape index (κ1) is 17.2. The lowest BCUT2D eigenvalue weighted by Crippen LogP contribution is -2.33. The molecule has 0 fully saturated rings. The normalized spacial score (nSPS) is 15.5. The van der Waals surface area contributed by atoms with Crippen molar-refractivity contribution in [3.8, 4) is 0 Å². The molecule has 25 heavy (non-hydrogen) atoms. The number of benzene rings is 2. The van der Waals surface area contributed by atoms with Crippen LogP contribution in [0.2, 0.25) is 0 Å². The molecule has 2 aromatic carbocycles. The fraction of sp³-hybridized carbons (Fsp3) is 0.222. The van der Waals surface area contributed by atoms with Crippen LogP contribution in [-0.2, 0) is 5.92 Å². The second-order valence-corrected chi connectivity index (χ2v) is 5.77. The standard InChI is InChI=1S/C18H14F3NO3/c1-10(11-7-4-8-14(15(11)19)18(20,21)9-23)22-16(24)12-5-2-3-6-13(12)17(22)25/h2-8,10,23H,9H2,1H3. The van der Waals surface area contributed by atoms with Crippen LogP contribution in [0.4, 0.5) is 13.2 Å². The minimum atomic E-state index is -3.76. The Balaban J connectivity index is 2.03. The molecule has 1 N–H and O–H groups in total. The number of imide groups is 1. The number of nitrogens with zero attached hydrogens (tertiary/aromatic N) is 1. The average Bonchev–Trinajstić information content (AvgIpc) is 2.86. The van der Waals surface area contributed by atoms with E-state index >= 15 is 0 Å². The van der Waals surface area contributed by atoms with Crippen molar-refractivity contribution in [2.75, 3.05) is 6.61 Å². The van der Waals surface area contributed by atoms with Gasteiger partial charge in [0.15, 0.2) is 0 Å². The van der Waals surface area contributed by atoms with E-state index in [-0.39, 0.29) is 16.7 Å². The third-order valence-corrected chi connectivity index (χ3v) is 4.28. The van der Waals surface area contributed by atoms with Crippen LogP contribution >= 0.6 is 0 Å². The predicted octanol–water partition coefficient (Wildman–Crippen LogP) is 3.27. The van der Waals surface area contributed by atoms with E-state index in [0.717, 1.165) is 11.0 Å². The van der Waals surface area contributed by atoms with Gasteiger partial charge in [0, 0.05) is 5.56 Å². The van der Waals surface area contributed by atoms with Gasteiger partial charge in [-0.25, -0.2) is 4.39 Å². The zero-order valence-corrected chi connectivity index (χ0v) is 13.2. The topological polar surface area (TPSA) is 57.6 Å². The highest BCUT2D eigenvalue weighted by Crippen LogP contribution is 2.36. The number of rotatable bonds is 4. The fourth-order valence-corrected chi connectivity index (χ4v) is 2.94. The lowest BCUT2D eigenvalue weighted by Gasteiger charge is -2.25. The smallest absolute Gasteiger partial charge is 0.298 e. The first-order chi connectivity index (χ1) is 11.8. The van der Waals surface area contributed by atoms with Crippen LogP contribution in [0.1, 0.15) is 44.8 Å². The predicted molar refractivity (Wildman–Crippen MR) is 82.7 cm³/mol. The summed E-state index contributed by atoms with van der Waals surface area (Å²) in [6.07, 6.45) is 0. The molecule has 4 nitrogen and oxygen atoms in total. The zero-order chi connectivity index (χ0) is 18.4. The van der Waals surface area contributed by atoms with E-state index in [1.165, 1.54) is 31.2 Å². The largest absolute Gasteiger partial charge is 0.390 e. The number of carbonyl (C=O) groups is 2. The maximum Gasteiger partial charge on any atom is 0.298 e. The van der Waals surface area contributed by atoms with Crippen molar-refractivity contribution in [1.82, 2.24) is 4.90 Å². The van der Waals surface area contributed by atoms with E-state index in [9.17, 15) is 22.8 Å². The van der Waals surface area contributed by atoms with Crippen LogP contribution in [0.25, 0.3) is 0 Å². The lowest BCUT2D eigenvalue weighted by atomic mass is 9.99. The second kappa shape index (κ2) is 6.00. The van der Waals surface area contributed by atoms with Crippen LogP contribution in [0, 0.1) is 5.82 Å². The number of fused-ring (bicyclic) bond motifs is 1. The Bertz CT molecular complexity index is 831. The number of hydrogen-bond acceptors (Lipinski definition) is 3. The Hall–Kier alpha value is -2.67. The molecule has 0 spiro atoms. The Labute approximate surface area is 141 Å². The summed E-state index contributed by atoms with van der Waals surface area (Å²) in [5.74, 6) is -6.22. The molecule has 3 rings (SSSR count). The van der Waals surface area contributed by atoms with E-state index in [2.05, 4.69) is 0 Å². The Morgan fingerprint density at radius 1 is 1.04 bits per heavy atom. The summed E-state index contributed by atoms with van der Waals surface area (Å²) in [5.41, 5.74) is -0.815. The van der Waals surface area contributed by atoms with Crippen molar-refractivity contribution in [1.29, 1.82) is 0 Å². The van der Waals surface area contributed by atoms with Crippen LogP contribution in [0.15, 0.2) is 42.5 Å². The number of aliphatic hydroxyl groups is 1. The summed E-state index contributed by atoms with van der Waals surface area (Å²) in [6, 6.07) is 8.38. The molecule has 0 saturated carbocycles. The molecular weight excluding hydrogens is 335 g/mol. The summed E-state index contributed by atoms with van der Waals surface area (Å²) in [7, 11) is 0. The second-order valence-electron chi connectivity index (χ2n) is 5.77. The van der Waals surface area contributed by atoms with Gasteiger partial charge in [0.25, 0.3) is 17.7 Å². The molecule has 1 atom stereocenters. The number of aliphatic hydroxyl groups excluding tert-OH is 1. The molecular formula is C18H14F3NO3. The van der Waals surface area contributed by atoms with Gasteiger partial charge in [-0.05, 0) is 25.1 Å². The van der Waals surface area contributed by atoms with Crippen molar-refractivity contribution >= 4 is 11.8 Å². The summed E-state index contributed by atoms with van der Waals surface area (Å²) < 4.78 is 42.0. The van der Waals surface area contributed by atoms with E-state index in [4.69, 9.17) is 5.11 Å². The van der Waals surface area contributed by atoms with Gasteiger partial charge < -0.3 is 5.11 Å². The quantitative estimate of drug-likeness (QED) is 0.862. The number of alkyl halides is 2. The first-order valence-electron chi connectivity index (χ1n) is 7.54. The van der Waals surface area contributed by atoms with Crippen LogP contribution in [0.3, 0.4) is 0 Å². The third kappa shape index (κ3) is 2.60. The summed E-state index contributed by atoms with van der Waals surface area (Å²) >= 11 is 0. The highest BCUT2D eigenvalue weighted by Gasteiger charge is 2.41. The fourth-order valence-electron chi connectivity index (χ4n) is 2.94. The highest BCUT2D eigenvalue weighted by molar-refractivity contribution is 6.21. The first-order valence-corrected chi connectivity index (χ1v) is 7.54. The van der Waals surface area contributed by atoms with Crippen LogP contribution in [0.5, 0.6) is 0 Å². The Morgan fingerprint density at radius 2 is 1.60 bits per heavy atom. The van der Waals surface area contributed by atoms with Crippen molar-refractivity contribution in [3.63, 3.8) is 0 Å². The maximum atomic E-state index is 14.6. The molecule has 1 heterocycles. The van der Waals surface area contributed by atoms with E-state index in [1.807, 2.05) is 0 Å². The summed E-state index contributed by atoms with van der Waals surface area (Å²) in [4.78, 5) is 25.8. The third-order valence-electron chi connectivity index (χ3n) is 4.28. The molecule has 2 amide bonds. The van der Waals surface area contributed by atoms with Gasteiger partial charge in [-0.3, -0.25) is 14.5 Å². The molecule has 0 saturated heterocycles. The SMILES string of the molecule is CC(c1cccc(C(F)(F)CO)c1F)N1C(=O)c2ccccc2C1=O. The molecule has 1 aliphatic heterocycles. The lowest BCUT2D eigenvalue weighted by molar-refractivity contribution is -0.0584. The highest BCUT2D eigenvalue weighted by atomic mass is 19.3. The van der Waals surface area contributed by atoms with Crippen LogP contribution in [-0.4, -0.2) is 28.4 Å². The molecule has 0 bridgehead atoms. The molecule has 0 aliphatic carbocycles. The van der Waals surface area contributed by atoms with Gasteiger partial charge >= 0.3 is 0 Å². The molecule has 0 radical (unpaired) electrons. The monoisotopic (exact) mass is 349 g/mol. The van der Waals surface area contributed by atoms with Crippen molar-refractivity contribution in [2.45, 2.75) is 18.9 Å².